The molecular weight excluding hydrogens is 286 g/mol. The Hall–Kier alpha value is -1.67. The number of hydrogen-bond donors (Lipinski definition) is 2. The number of likely N-dealkylation sites (N-methyl/N-ethyl adjacent to an activating group) is 1. The zero-order chi connectivity index (χ0) is 15.9. The van der Waals surface area contributed by atoms with E-state index in [0.717, 1.165) is 32.7 Å². The molecule has 2 heterocycles. The standard InChI is InChI=1S/C14H25N5O3/c1-2-18-9-10-19(14(22)13(18)21)11-12(20)16-5-8-17-6-3-15-4-7-17/h15H,2-11H2,1H3,(H,16,20). The average Bonchev–Trinajstić information content (AvgIpc) is 2.53. The maximum absolute atomic E-state index is 11.9. The van der Waals surface area contributed by atoms with Gasteiger partial charge in [0.2, 0.25) is 5.91 Å². The topological polar surface area (TPSA) is 85.0 Å². The first kappa shape index (κ1) is 16.7. The average molecular weight is 311 g/mol. The number of piperazine rings is 2. The van der Waals surface area contributed by atoms with Crippen molar-refractivity contribution in [3.8, 4) is 0 Å². The van der Waals surface area contributed by atoms with Gasteiger partial charge < -0.3 is 20.4 Å². The first-order chi connectivity index (χ1) is 10.6. The molecule has 3 amide bonds. The van der Waals surface area contributed by atoms with E-state index in [-0.39, 0.29) is 12.5 Å². The van der Waals surface area contributed by atoms with E-state index in [0.29, 0.717) is 26.2 Å². The second-order valence-electron chi connectivity index (χ2n) is 5.55. The molecule has 0 atom stereocenters. The Balaban J connectivity index is 1.68. The maximum Gasteiger partial charge on any atom is 0.312 e. The van der Waals surface area contributed by atoms with Crippen LogP contribution in [0.25, 0.3) is 0 Å². The second kappa shape index (κ2) is 8.09. The van der Waals surface area contributed by atoms with Gasteiger partial charge in [0.25, 0.3) is 0 Å². The molecule has 0 aromatic heterocycles. The molecule has 2 aliphatic rings. The van der Waals surface area contributed by atoms with E-state index in [1.165, 1.54) is 9.80 Å². The lowest BCUT2D eigenvalue weighted by molar-refractivity contribution is -0.156. The minimum Gasteiger partial charge on any atom is -0.353 e. The molecule has 2 rings (SSSR count). The highest BCUT2D eigenvalue weighted by molar-refractivity contribution is 6.35. The van der Waals surface area contributed by atoms with Gasteiger partial charge in [-0.2, -0.15) is 0 Å². The summed E-state index contributed by atoms with van der Waals surface area (Å²) in [7, 11) is 0. The molecular formula is C14H25N5O3. The Morgan fingerprint density at radius 2 is 1.73 bits per heavy atom. The fraction of sp³-hybridized carbons (Fsp3) is 0.786. The fourth-order valence-electron chi connectivity index (χ4n) is 2.69. The molecule has 0 bridgehead atoms. The van der Waals surface area contributed by atoms with Gasteiger partial charge in [-0.15, -0.1) is 0 Å². The van der Waals surface area contributed by atoms with Gasteiger partial charge in [0.1, 0.15) is 6.54 Å². The molecule has 0 aromatic rings. The summed E-state index contributed by atoms with van der Waals surface area (Å²) in [5.74, 6) is -1.30. The van der Waals surface area contributed by atoms with Gasteiger partial charge in [0, 0.05) is 58.9 Å². The number of amides is 3. The Morgan fingerprint density at radius 1 is 1.09 bits per heavy atom. The first-order valence-electron chi connectivity index (χ1n) is 7.89. The fourth-order valence-corrected chi connectivity index (χ4v) is 2.69. The maximum atomic E-state index is 11.9. The van der Waals surface area contributed by atoms with Gasteiger partial charge in [-0.25, -0.2) is 0 Å². The van der Waals surface area contributed by atoms with Crippen molar-refractivity contribution < 1.29 is 14.4 Å². The summed E-state index contributed by atoms with van der Waals surface area (Å²) in [6, 6.07) is 0. The monoisotopic (exact) mass is 311 g/mol. The van der Waals surface area contributed by atoms with Crippen LogP contribution in [0, 0.1) is 0 Å². The number of rotatable bonds is 6. The van der Waals surface area contributed by atoms with Crippen molar-refractivity contribution in [1.29, 1.82) is 0 Å². The van der Waals surface area contributed by atoms with E-state index in [1.54, 1.807) is 0 Å². The van der Waals surface area contributed by atoms with Gasteiger partial charge in [0.15, 0.2) is 0 Å². The van der Waals surface area contributed by atoms with Crippen LogP contribution in [-0.4, -0.2) is 97.9 Å². The molecule has 22 heavy (non-hydrogen) atoms. The van der Waals surface area contributed by atoms with Crippen LogP contribution in [0.15, 0.2) is 0 Å². The van der Waals surface area contributed by atoms with Gasteiger partial charge in [-0.05, 0) is 6.92 Å². The van der Waals surface area contributed by atoms with Crippen molar-refractivity contribution in [2.75, 3.05) is 65.4 Å². The van der Waals surface area contributed by atoms with Gasteiger partial charge in [-0.3, -0.25) is 19.3 Å². The smallest absolute Gasteiger partial charge is 0.312 e. The molecule has 124 valence electrons. The van der Waals surface area contributed by atoms with Crippen LogP contribution in [0.2, 0.25) is 0 Å². The third-order valence-electron chi connectivity index (χ3n) is 4.07. The second-order valence-corrected chi connectivity index (χ2v) is 5.55. The highest BCUT2D eigenvalue weighted by atomic mass is 16.2. The van der Waals surface area contributed by atoms with E-state index in [4.69, 9.17) is 0 Å². The predicted molar refractivity (Wildman–Crippen MR) is 81.2 cm³/mol. The zero-order valence-corrected chi connectivity index (χ0v) is 13.1. The summed E-state index contributed by atoms with van der Waals surface area (Å²) in [6.45, 7) is 8.55. The lowest BCUT2D eigenvalue weighted by Gasteiger charge is -2.32. The van der Waals surface area contributed by atoms with Crippen molar-refractivity contribution in [1.82, 2.24) is 25.3 Å². The summed E-state index contributed by atoms with van der Waals surface area (Å²) in [6.07, 6.45) is 0. The summed E-state index contributed by atoms with van der Waals surface area (Å²) >= 11 is 0. The van der Waals surface area contributed by atoms with Crippen molar-refractivity contribution in [3.63, 3.8) is 0 Å². The molecule has 2 saturated heterocycles. The summed E-state index contributed by atoms with van der Waals surface area (Å²) in [5.41, 5.74) is 0. The zero-order valence-electron chi connectivity index (χ0n) is 13.1. The Bertz CT molecular complexity index is 423. The molecule has 2 N–H and O–H groups in total. The largest absolute Gasteiger partial charge is 0.353 e. The van der Waals surface area contributed by atoms with Crippen LogP contribution in [0.3, 0.4) is 0 Å². The van der Waals surface area contributed by atoms with E-state index in [1.807, 2.05) is 6.92 Å². The van der Waals surface area contributed by atoms with Crippen molar-refractivity contribution in [2.45, 2.75) is 6.92 Å². The third kappa shape index (κ3) is 4.41. The molecule has 0 radical (unpaired) electrons. The molecule has 0 unspecified atom stereocenters. The predicted octanol–water partition coefficient (Wildman–Crippen LogP) is -2.30. The van der Waals surface area contributed by atoms with Gasteiger partial charge in [0.05, 0.1) is 0 Å². The van der Waals surface area contributed by atoms with E-state index in [9.17, 15) is 14.4 Å². The molecule has 0 aliphatic carbocycles. The Kier molecular flexibility index (Phi) is 6.14. The molecule has 2 aliphatic heterocycles. The number of carbonyl (C=O) groups excluding carboxylic acids is 3. The summed E-state index contributed by atoms with van der Waals surface area (Å²) in [5, 5.41) is 6.09. The lowest BCUT2D eigenvalue weighted by Crippen LogP contribution is -2.56. The highest BCUT2D eigenvalue weighted by Gasteiger charge is 2.32. The number of hydrogen-bond acceptors (Lipinski definition) is 5. The van der Waals surface area contributed by atoms with Crippen LogP contribution in [0.4, 0.5) is 0 Å². The van der Waals surface area contributed by atoms with Crippen LogP contribution in [0.5, 0.6) is 0 Å². The van der Waals surface area contributed by atoms with E-state index in [2.05, 4.69) is 15.5 Å². The number of nitrogens with zero attached hydrogens (tertiary/aromatic N) is 3. The van der Waals surface area contributed by atoms with Crippen molar-refractivity contribution >= 4 is 17.7 Å². The van der Waals surface area contributed by atoms with Crippen molar-refractivity contribution in [3.05, 3.63) is 0 Å². The normalized spacial score (nSPS) is 20.4. The SMILES string of the molecule is CCN1CCN(CC(=O)NCCN2CCNCC2)C(=O)C1=O. The van der Waals surface area contributed by atoms with Crippen LogP contribution in [0.1, 0.15) is 6.92 Å². The molecule has 0 aromatic carbocycles. The van der Waals surface area contributed by atoms with Crippen molar-refractivity contribution in [2.24, 2.45) is 0 Å². The summed E-state index contributed by atoms with van der Waals surface area (Å²) in [4.78, 5) is 40.7. The van der Waals surface area contributed by atoms with Gasteiger partial charge >= 0.3 is 11.8 Å². The Morgan fingerprint density at radius 3 is 2.41 bits per heavy atom. The highest BCUT2D eigenvalue weighted by Crippen LogP contribution is 2.04. The molecule has 2 fully saturated rings. The molecule has 8 nitrogen and oxygen atoms in total. The molecule has 0 saturated carbocycles. The minimum absolute atomic E-state index is 0.0380. The minimum atomic E-state index is -0.578. The van der Waals surface area contributed by atoms with E-state index < -0.39 is 11.8 Å². The summed E-state index contributed by atoms with van der Waals surface area (Å²) < 4.78 is 0. The number of nitrogens with one attached hydrogen (secondary N) is 2. The third-order valence-corrected chi connectivity index (χ3v) is 4.07. The lowest BCUT2D eigenvalue weighted by atomic mass is 10.3. The molecule has 0 spiro atoms. The van der Waals surface area contributed by atoms with Crippen LogP contribution in [-0.2, 0) is 14.4 Å². The van der Waals surface area contributed by atoms with E-state index >= 15 is 0 Å². The first-order valence-corrected chi connectivity index (χ1v) is 7.89. The van der Waals surface area contributed by atoms with Gasteiger partial charge in [-0.1, -0.05) is 0 Å². The van der Waals surface area contributed by atoms with Crippen LogP contribution >= 0.6 is 0 Å². The molecule has 8 heteroatoms. The van der Waals surface area contributed by atoms with Crippen LogP contribution < -0.4 is 10.6 Å². The number of carbonyl (C=O) groups is 3. The quantitative estimate of drug-likeness (QED) is 0.539. The Labute approximate surface area is 130 Å².